The molecule has 128 valence electrons. The molecule has 7 nitrogen and oxygen atoms in total. The van der Waals surface area contributed by atoms with Crippen LogP contribution >= 0.6 is 0 Å². The molecule has 0 bridgehead atoms. The lowest BCUT2D eigenvalue weighted by Gasteiger charge is -2.36. The Hall–Kier alpha value is -2.25. The first-order chi connectivity index (χ1) is 11.6. The van der Waals surface area contributed by atoms with Crippen molar-refractivity contribution in [3.63, 3.8) is 0 Å². The molecule has 1 aliphatic heterocycles. The van der Waals surface area contributed by atoms with E-state index in [1.165, 1.54) is 0 Å². The normalized spacial score (nSPS) is 19.5. The van der Waals surface area contributed by atoms with E-state index in [4.69, 9.17) is 4.74 Å². The minimum absolute atomic E-state index is 0.0849. The van der Waals surface area contributed by atoms with E-state index in [9.17, 15) is 4.79 Å². The summed E-state index contributed by atoms with van der Waals surface area (Å²) in [5.74, 6) is 0.829. The molecule has 1 aliphatic rings. The van der Waals surface area contributed by atoms with Gasteiger partial charge in [-0.05, 0) is 19.7 Å². The van der Waals surface area contributed by atoms with Crippen molar-refractivity contribution in [1.82, 2.24) is 24.6 Å². The fourth-order valence-corrected chi connectivity index (χ4v) is 3.06. The van der Waals surface area contributed by atoms with Gasteiger partial charge in [0.2, 0.25) is 5.91 Å². The van der Waals surface area contributed by atoms with Crippen molar-refractivity contribution < 1.29 is 9.53 Å². The third kappa shape index (κ3) is 3.32. The van der Waals surface area contributed by atoms with Gasteiger partial charge in [-0.25, -0.2) is 0 Å². The van der Waals surface area contributed by atoms with Gasteiger partial charge in [0.15, 0.2) is 5.82 Å². The van der Waals surface area contributed by atoms with Crippen molar-refractivity contribution in [3.05, 3.63) is 48.0 Å². The van der Waals surface area contributed by atoms with Crippen LogP contribution in [0.15, 0.2) is 36.7 Å². The number of carbonyl (C=O) groups is 1. The molecule has 1 aromatic heterocycles. The zero-order valence-corrected chi connectivity index (χ0v) is 14.3. The van der Waals surface area contributed by atoms with Gasteiger partial charge >= 0.3 is 0 Å². The molecule has 1 fully saturated rings. The van der Waals surface area contributed by atoms with E-state index in [1.807, 2.05) is 65.8 Å². The second-order valence-corrected chi connectivity index (χ2v) is 6.22. The van der Waals surface area contributed by atoms with Gasteiger partial charge in [0.05, 0.1) is 13.2 Å². The summed E-state index contributed by atoms with van der Waals surface area (Å²) < 4.78 is 7.63. The fraction of sp³-hybridized carbons (Fsp3) is 0.471. The Morgan fingerprint density at radius 1 is 1.33 bits per heavy atom. The number of hydrogen-bond acceptors (Lipinski definition) is 5. The topological polar surface area (TPSA) is 63.5 Å². The van der Waals surface area contributed by atoms with E-state index in [-0.39, 0.29) is 18.1 Å². The quantitative estimate of drug-likeness (QED) is 0.838. The summed E-state index contributed by atoms with van der Waals surface area (Å²) >= 11 is 0. The molecule has 0 N–H and O–H groups in total. The van der Waals surface area contributed by atoms with Crippen LogP contribution in [0, 0.1) is 0 Å². The fourth-order valence-electron chi connectivity index (χ4n) is 3.06. The largest absolute Gasteiger partial charge is 0.366 e. The Kier molecular flexibility index (Phi) is 4.92. The first-order valence-corrected chi connectivity index (χ1v) is 8.03. The number of morpholine rings is 1. The molecule has 0 spiro atoms. The van der Waals surface area contributed by atoms with Gasteiger partial charge in [-0.3, -0.25) is 9.69 Å². The highest BCUT2D eigenvalue weighted by atomic mass is 16.5. The van der Waals surface area contributed by atoms with Gasteiger partial charge in [0.25, 0.3) is 0 Å². The van der Waals surface area contributed by atoms with Crippen molar-refractivity contribution in [2.24, 2.45) is 7.05 Å². The SMILES string of the molecule is CN(C)C(C(=O)N1CCOC(c2nncn2C)C1)c1ccccc1. The lowest BCUT2D eigenvalue weighted by Crippen LogP contribution is -2.47. The van der Waals surface area contributed by atoms with Crippen molar-refractivity contribution in [2.75, 3.05) is 33.8 Å². The summed E-state index contributed by atoms with van der Waals surface area (Å²) in [5.41, 5.74) is 0.995. The highest BCUT2D eigenvalue weighted by molar-refractivity contribution is 5.83. The molecule has 2 unspecified atom stereocenters. The average molecular weight is 329 g/mol. The molecule has 0 radical (unpaired) electrons. The molecule has 2 atom stereocenters. The predicted molar refractivity (Wildman–Crippen MR) is 89.1 cm³/mol. The molecule has 1 aromatic carbocycles. The van der Waals surface area contributed by atoms with E-state index >= 15 is 0 Å². The minimum Gasteiger partial charge on any atom is -0.366 e. The maximum Gasteiger partial charge on any atom is 0.244 e. The third-order valence-corrected chi connectivity index (χ3v) is 4.28. The number of aryl methyl sites for hydroxylation is 1. The summed E-state index contributed by atoms with van der Waals surface area (Å²) in [5, 5.41) is 8.01. The first kappa shape index (κ1) is 16.6. The minimum atomic E-state index is -0.301. The molecule has 2 aromatic rings. The molecule has 24 heavy (non-hydrogen) atoms. The van der Waals surface area contributed by atoms with Crippen molar-refractivity contribution in [1.29, 1.82) is 0 Å². The number of carbonyl (C=O) groups excluding carboxylic acids is 1. The van der Waals surface area contributed by atoms with E-state index in [0.29, 0.717) is 19.7 Å². The molecule has 1 saturated heterocycles. The van der Waals surface area contributed by atoms with E-state index in [1.54, 1.807) is 6.33 Å². The molecule has 3 rings (SSSR count). The summed E-state index contributed by atoms with van der Waals surface area (Å²) in [4.78, 5) is 16.9. The van der Waals surface area contributed by atoms with Crippen LogP contribution < -0.4 is 0 Å². The zero-order chi connectivity index (χ0) is 17.1. The highest BCUT2D eigenvalue weighted by Crippen LogP contribution is 2.25. The molecule has 0 saturated carbocycles. The summed E-state index contributed by atoms with van der Waals surface area (Å²) in [6.45, 7) is 1.57. The lowest BCUT2D eigenvalue weighted by molar-refractivity contribution is -0.144. The van der Waals surface area contributed by atoms with Crippen LogP contribution in [0.4, 0.5) is 0 Å². The molecular formula is C17H23N5O2. The van der Waals surface area contributed by atoms with E-state index in [0.717, 1.165) is 11.4 Å². The zero-order valence-electron chi connectivity index (χ0n) is 14.3. The van der Waals surface area contributed by atoms with Gasteiger partial charge in [0, 0.05) is 13.6 Å². The van der Waals surface area contributed by atoms with Crippen LogP contribution in [0.25, 0.3) is 0 Å². The summed E-state index contributed by atoms with van der Waals surface area (Å²) in [6, 6.07) is 9.55. The van der Waals surface area contributed by atoms with Gasteiger partial charge in [0.1, 0.15) is 18.5 Å². The number of ether oxygens (including phenoxy) is 1. The number of likely N-dealkylation sites (N-methyl/N-ethyl adjacent to an activating group) is 1. The van der Waals surface area contributed by atoms with Crippen LogP contribution in [0.5, 0.6) is 0 Å². The van der Waals surface area contributed by atoms with E-state index in [2.05, 4.69) is 10.2 Å². The molecule has 7 heteroatoms. The second-order valence-electron chi connectivity index (χ2n) is 6.22. The molecule has 1 amide bonds. The summed E-state index contributed by atoms with van der Waals surface area (Å²) in [7, 11) is 5.73. The number of rotatable bonds is 4. The van der Waals surface area contributed by atoms with Gasteiger partial charge < -0.3 is 14.2 Å². The Morgan fingerprint density at radius 2 is 2.08 bits per heavy atom. The van der Waals surface area contributed by atoms with Gasteiger partial charge in [-0.15, -0.1) is 10.2 Å². The molecular weight excluding hydrogens is 306 g/mol. The van der Waals surface area contributed by atoms with Crippen molar-refractivity contribution in [2.45, 2.75) is 12.1 Å². The van der Waals surface area contributed by atoms with Crippen LogP contribution in [-0.4, -0.2) is 64.3 Å². The third-order valence-electron chi connectivity index (χ3n) is 4.28. The Morgan fingerprint density at radius 3 is 2.71 bits per heavy atom. The monoisotopic (exact) mass is 329 g/mol. The maximum atomic E-state index is 13.1. The summed E-state index contributed by atoms with van der Waals surface area (Å²) in [6.07, 6.45) is 1.40. The van der Waals surface area contributed by atoms with Crippen LogP contribution in [-0.2, 0) is 16.6 Å². The van der Waals surface area contributed by atoms with Crippen LogP contribution in [0.2, 0.25) is 0 Å². The molecule has 0 aliphatic carbocycles. The van der Waals surface area contributed by atoms with Crippen LogP contribution in [0.1, 0.15) is 23.5 Å². The standard InChI is InChI=1S/C17H23N5O2/c1-20(2)15(13-7-5-4-6-8-13)17(23)22-9-10-24-14(11-22)16-19-18-12-21(16)3/h4-8,12,14-15H,9-11H2,1-3H3. The Balaban J connectivity index is 1.79. The number of benzene rings is 1. The lowest BCUT2D eigenvalue weighted by atomic mass is 10.0. The highest BCUT2D eigenvalue weighted by Gasteiger charge is 2.33. The number of amides is 1. The maximum absolute atomic E-state index is 13.1. The number of nitrogens with zero attached hydrogens (tertiary/aromatic N) is 5. The Bertz CT molecular complexity index is 685. The molecule has 2 heterocycles. The van der Waals surface area contributed by atoms with Crippen molar-refractivity contribution >= 4 is 5.91 Å². The predicted octanol–water partition coefficient (Wildman–Crippen LogP) is 1.02. The average Bonchev–Trinajstić information content (AvgIpc) is 3.02. The smallest absolute Gasteiger partial charge is 0.244 e. The number of aromatic nitrogens is 3. The Labute approximate surface area is 141 Å². The van der Waals surface area contributed by atoms with E-state index < -0.39 is 0 Å². The van der Waals surface area contributed by atoms with Crippen LogP contribution in [0.3, 0.4) is 0 Å². The van der Waals surface area contributed by atoms with Gasteiger partial charge in [-0.2, -0.15) is 0 Å². The van der Waals surface area contributed by atoms with Gasteiger partial charge in [-0.1, -0.05) is 30.3 Å². The first-order valence-electron chi connectivity index (χ1n) is 8.03. The second kappa shape index (κ2) is 7.11. The van der Waals surface area contributed by atoms with Crippen molar-refractivity contribution in [3.8, 4) is 0 Å². The number of hydrogen-bond donors (Lipinski definition) is 0.